The van der Waals surface area contributed by atoms with Crippen LogP contribution >= 0.6 is 12.4 Å². The van der Waals surface area contributed by atoms with Crippen molar-refractivity contribution in [2.45, 2.75) is 25.8 Å². The molecule has 0 bridgehead atoms. The van der Waals surface area contributed by atoms with Crippen molar-refractivity contribution >= 4 is 18.3 Å². The molecule has 1 aromatic carbocycles. The maximum Gasteiger partial charge on any atom is 0.274 e. The van der Waals surface area contributed by atoms with E-state index in [1.54, 1.807) is 0 Å². The Labute approximate surface area is 159 Å². The van der Waals surface area contributed by atoms with Crippen molar-refractivity contribution < 1.29 is 9.53 Å². The predicted octanol–water partition coefficient (Wildman–Crippen LogP) is 2.41. The average molecular weight is 377 g/mol. The zero-order valence-electron chi connectivity index (χ0n) is 14.7. The van der Waals surface area contributed by atoms with E-state index in [4.69, 9.17) is 4.74 Å². The molecule has 140 valence electrons. The summed E-state index contributed by atoms with van der Waals surface area (Å²) in [5.74, 6) is 1.47. The molecule has 0 atom stereocenters. The number of para-hydroxylation sites is 1. The molecule has 0 spiro atoms. The van der Waals surface area contributed by atoms with Crippen LogP contribution in [-0.4, -0.2) is 47.2 Å². The predicted molar refractivity (Wildman–Crippen MR) is 102 cm³/mol. The Morgan fingerprint density at radius 3 is 2.77 bits per heavy atom. The number of hydrogen-bond donors (Lipinski definition) is 2. The van der Waals surface area contributed by atoms with Gasteiger partial charge in [0.1, 0.15) is 5.75 Å². The second-order valence-electron chi connectivity index (χ2n) is 6.82. The van der Waals surface area contributed by atoms with Crippen LogP contribution in [0.3, 0.4) is 0 Å². The summed E-state index contributed by atoms with van der Waals surface area (Å²) in [6.07, 6.45) is 2.86. The first kappa shape index (κ1) is 18.7. The fourth-order valence-electron chi connectivity index (χ4n) is 3.59. The van der Waals surface area contributed by atoms with Crippen LogP contribution in [0, 0.1) is 5.92 Å². The first-order valence-corrected chi connectivity index (χ1v) is 9.05. The Hall–Kier alpha value is -2.05. The van der Waals surface area contributed by atoms with E-state index in [0.717, 1.165) is 62.4 Å². The van der Waals surface area contributed by atoms with Gasteiger partial charge in [0.25, 0.3) is 5.91 Å². The number of carbonyl (C=O) groups is 1. The van der Waals surface area contributed by atoms with Crippen LogP contribution in [0.4, 0.5) is 0 Å². The molecule has 3 heterocycles. The lowest BCUT2D eigenvalue weighted by atomic mass is 9.97. The standard InChI is InChI=1S/C19H24N4O2.ClH/c24-19(18-16-12-20-9-6-17(16)21-22-18)23-10-7-14(8-11-23)13-25-15-4-2-1-3-5-15;/h1-5,14,20H,6-13H2,(H,21,22);1H. The molecule has 1 aromatic heterocycles. The van der Waals surface area contributed by atoms with Gasteiger partial charge in [-0.3, -0.25) is 9.89 Å². The number of amides is 1. The molecule has 0 aliphatic carbocycles. The van der Waals surface area contributed by atoms with E-state index in [1.807, 2.05) is 35.2 Å². The van der Waals surface area contributed by atoms with Crippen molar-refractivity contribution in [1.82, 2.24) is 20.4 Å². The molecule has 0 radical (unpaired) electrons. The van der Waals surface area contributed by atoms with Gasteiger partial charge in [0.05, 0.1) is 6.61 Å². The summed E-state index contributed by atoms with van der Waals surface area (Å²) in [5.41, 5.74) is 2.75. The van der Waals surface area contributed by atoms with Gasteiger partial charge >= 0.3 is 0 Å². The number of benzene rings is 1. The second kappa shape index (κ2) is 8.56. The molecule has 0 unspecified atom stereocenters. The Morgan fingerprint density at radius 2 is 2.00 bits per heavy atom. The molecule has 1 fully saturated rings. The lowest BCUT2D eigenvalue weighted by molar-refractivity contribution is 0.0654. The van der Waals surface area contributed by atoms with E-state index in [-0.39, 0.29) is 18.3 Å². The van der Waals surface area contributed by atoms with Crippen LogP contribution in [0.1, 0.15) is 34.6 Å². The minimum atomic E-state index is 0. The fraction of sp³-hybridized carbons (Fsp3) is 0.474. The van der Waals surface area contributed by atoms with Gasteiger partial charge < -0.3 is 15.0 Å². The Kier molecular flexibility index (Phi) is 6.16. The van der Waals surface area contributed by atoms with Gasteiger partial charge in [-0.15, -0.1) is 12.4 Å². The van der Waals surface area contributed by atoms with Gasteiger partial charge in [-0.05, 0) is 30.9 Å². The Morgan fingerprint density at radius 1 is 1.23 bits per heavy atom. The minimum Gasteiger partial charge on any atom is -0.493 e. The lowest BCUT2D eigenvalue weighted by Crippen LogP contribution is -2.40. The Bertz CT molecular complexity index is 726. The van der Waals surface area contributed by atoms with E-state index in [9.17, 15) is 4.79 Å². The van der Waals surface area contributed by atoms with Crippen molar-refractivity contribution in [2.75, 3.05) is 26.2 Å². The summed E-state index contributed by atoms with van der Waals surface area (Å²) in [6, 6.07) is 9.91. The van der Waals surface area contributed by atoms with Crippen molar-refractivity contribution in [3.05, 3.63) is 47.3 Å². The smallest absolute Gasteiger partial charge is 0.274 e. The Balaban J connectivity index is 0.00000196. The van der Waals surface area contributed by atoms with Crippen LogP contribution in [0.2, 0.25) is 0 Å². The summed E-state index contributed by atoms with van der Waals surface area (Å²) < 4.78 is 5.86. The molecule has 2 aliphatic heterocycles. The summed E-state index contributed by atoms with van der Waals surface area (Å²) >= 11 is 0. The van der Waals surface area contributed by atoms with Crippen molar-refractivity contribution in [1.29, 1.82) is 0 Å². The van der Waals surface area contributed by atoms with E-state index >= 15 is 0 Å². The van der Waals surface area contributed by atoms with E-state index in [0.29, 0.717) is 18.2 Å². The molecule has 4 rings (SSSR count). The molecule has 1 saturated heterocycles. The number of hydrogen-bond acceptors (Lipinski definition) is 4. The van der Waals surface area contributed by atoms with Gasteiger partial charge in [-0.1, -0.05) is 18.2 Å². The normalized spacial score (nSPS) is 17.3. The highest BCUT2D eigenvalue weighted by Gasteiger charge is 2.28. The molecular formula is C19H25ClN4O2. The molecule has 1 amide bonds. The lowest BCUT2D eigenvalue weighted by Gasteiger charge is -2.31. The first-order valence-electron chi connectivity index (χ1n) is 9.05. The number of ether oxygens (including phenoxy) is 1. The summed E-state index contributed by atoms with van der Waals surface area (Å²) in [7, 11) is 0. The molecule has 0 saturated carbocycles. The number of likely N-dealkylation sites (tertiary alicyclic amines) is 1. The first-order chi connectivity index (χ1) is 12.3. The number of H-pyrrole nitrogens is 1. The quantitative estimate of drug-likeness (QED) is 0.859. The highest BCUT2D eigenvalue weighted by Crippen LogP contribution is 2.23. The third-order valence-electron chi connectivity index (χ3n) is 5.14. The fourth-order valence-corrected chi connectivity index (χ4v) is 3.59. The van der Waals surface area contributed by atoms with Crippen LogP contribution < -0.4 is 10.1 Å². The second-order valence-corrected chi connectivity index (χ2v) is 6.82. The molecule has 7 heteroatoms. The maximum absolute atomic E-state index is 12.8. The number of halogens is 1. The van der Waals surface area contributed by atoms with Gasteiger partial charge in [0.15, 0.2) is 5.69 Å². The van der Waals surface area contributed by atoms with Crippen molar-refractivity contribution in [3.8, 4) is 5.75 Å². The zero-order valence-corrected chi connectivity index (χ0v) is 15.6. The SMILES string of the molecule is Cl.O=C(c1n[nH]c2c1CNCC2)N1CCC(COc2ccccc2)CC1. The summed E-state index contributed by atoms with van der Waals surface area (Å²) in [6.45, 7) is 3.94. The van der Waals surface area contributed by atoms with Gasteiger partial charge in [0.2, 0.25) is 0 Å². The molecule has 26 heavy (non-hydrogen) atoms. The van der Waals surface area contributed by atoms with E-state index in [2.05, 4.69) is 15.5 Å². The van der Waals surface area contributed by atoms with Crippen LogP contribution in [0.5, 0.6) is 5.75 Å². The van der Waals surface area contributed by atoms with Crippen molar-refractivity contribution in [3.63, 3.8) is 0 Å². The molecule has 2 aromatic rings. The third-order valence-corrected chi connectivity index (χ3v) is 5.14. The summed E-state index contributed by atoms with van der Waals surface area (Å²) in [4.78, 5) is 14.7. The van der Waals surface area contributed by atoms with E-state index in [1.165, 1.54) is 0 Å². The highest BCUT2D eigenvalue weighted by molar-refractivity contribution is 5.94. The number of piperidine rings is 1. The summed E-state index contributed by atoms with van der Waals surface area (Å²) in [5, 5.41) is 10.6. The van der Waals surface area contributed by atoms with E-state index < -0.39 is 0 Å². The number of aromatic amines is 1. The number of carbonyl (C=O) groups excluding carboxylic acids is 1. The largest absolute Gasteiger partial charge is 0.493 e. The molecule has 2 N–H and O–H groups in total. The third kappa shape index (κ3) is 4.02. The highest BCUT2D eigenvalue weighted by atomic mass is 35.5. The topological polar surface area (TPSA) is 70.2 Å². The number of fused-ring (bicyclic) bond motifs is 1. The minimum absolute atomic E-state index is 0. The molecule has 6 nitrogen and oxygen atoms in total. The number of rotatable bonds is 4. The van der Waals surface area contributed by atoms with Crippen molar-refractivity contribution in [2.24, 2.45) is 5.92 Å². The van der Waals surface area contributed by atoms with Crippen LogP contribution in [0.15, 0.2) is 30.3 Å². The monoisotopic (exact) mass is 376 g/mol. The van der Waals surface area contributed by atoms with Gasteiger partial charge in [0, 0.05) is 43.9 Å². The zero-order chi connectivity index (χ0) is 17.1. The average Bonchev–Trinajstić information content (AvgIpc) is 3.11. The maximum atomic E-state index is 12.8. The molecule has 2 aliphatic rings. The number of nitrogens with zero attached hydrogens (tertiary/aromatic N) is 2. The van der Waals surface area contributed by atoms with Gasteiger partial charge in [-0.25, -0.2) is 0 Å². The number of nitrogens with one attached hydrogen (secondary N) is 2. The van der Waals surface area contributed by atoms with Gasteiger partial charge in [-0.2, -0.15) is 5.10 Å². The van der Waals surface area contributed by atoms with Crippen LogP contribution in [-0.2, 0) is 13.0 Å². The van der Waals surface area contributed by atoms with Crippen LogP contribution in [0.25, 0.3) is 0 Å². The molecular weight excluding hydrogens is 352 g/mol. The number of aromatic nitrogens is 2.